The maximum absolute atomic E-state index is 11.0. The number of nitrogens with zero attached hydrogens (tertiary/aromatic N) is 2. The molecule has 0 aliphatic heterocycles. The van der Waals surface area contributed by atoms with Gasteiger partial charge < -0.3 is 4.57 Å². The summed E-state index contributed by atoms with van der Waals surface area (Å²) >= 11 is 0. The molecule has 3 heteroatoms. The lowest BCUT2D eigenvalue weighted by molar-refractivity contribution is -0.117. The third-order valence-electron chi connectivity index (χ3n) is 2.27. The van der Waals surface area contributed by atoms with Crippen LogP contribution in [0.4, 0.5) is 0 Å². The van der Waals surface area contributed by atoms with Gasteiger partial charge in [-0.3, -0.25) is 9.78 Å². The molecule has 0 aliphatic carbocycles. The highest BCUT2D eigenvalue weighted by molar-refractivity contribution is 5.85. The van der Waals surface area contributed by atoms with Gasteiger partial charge in [0, 0.05) is 24.0 Å². The molecule has 0 fully saturated rings. The predicted octanol–water partition coefficient (Wildman–Crippen LogP) is 1.93. The monoisotopic (exact) mass is 188 g/mol. The summed E-state index contributed by atoms with van der Waals surface area (Å²) in [7, 11) is 0. The summed E-state index contributed by atoms with van der Waals surface area (Å²) in [5, 5.41) is 1.12. The van der Waals surface area contributed by atoms with Crippen molar-refractivity contribution in [2.45, 2.75) is 20.4 Å². The molecule has 2 rings (SSSR count). The van der Waals surface area contributed by atoms with Crippen LogP contribution in [0.15, 0.2) is 24.7 Å². The zero-order valence-corrected chi connectivity index (χ0v) is 8.32. The number of pyridine rings is 1. The quantitative estimate of drug-likeness (QED) is 0.721. The number of aryl methyl sites for hydroxylation is 1. The number of hydrogen-bond acceptors (Lipinski definition) is 2. The third-order valence-corrected chi connectivity index (χ3v) is 2.27. The summed E-state index contributed by atoms with van der Waals surface area (Å²) in [6, 6.07) is 1.94. The molecule has 0 bridgehead atoms. The highest BCUT2D eigenvalue weighted by Gasteiger charge is 2.05. The van der Waals surface area contributed by atoms with Crippen LogP contribution in [0.1, 0.15) is 12.5 Å². The van der Waals surface area contributed by atoms with Gasteiger partial charge in [-0.2, -0.15) is 0 Å². The normalized spacial score (nSPS) is 10.7. The van der Waals surface area contributed by atoms with E-state index in [1.54, 1.807) is 13.1 Å². The van der Waals surface area contributed by atoms with Crippen molar-refractivity contribution in [3.63, 3.8) is 0 Å². The van der Waals surface area contributed by atoms with Gasteiger partial charge in [-0.1, -0.05) is 0 Å². The first-order chi connectivity index (χ1) is 6.68. The fraction of sp³-hybridized carbons (Fsp3) is 0.273. The van der Waals surface area contributed by atoms with E-state index in [2.05, 4.69) is 4.98 Å². The van der Waals surface area contributed by atoms with Crippen molar-refractivity contribution in [1.29, 1.82) is 0 Å². The highest BCUT2D eigenvalue weighted by Crippen LogP contribution is 2.18. The zero-order chi connectivity index (χ0) is 10.1. The minimum Gasteiger partial charge on any atom is -0.340 e. The molecule has 2 aromatic heterocycles. The van der Waals surface area contributed by atoms with Gasteiger partial charge in [0.15, 0.2) is 0 Å². The summed E-state index contributed by atoms with van der Waals surface area (Å²) in [4.78, 5) is 15.1. The minimum absolute atomic E-state index is 0.165. The van der Waals surface area contributed by atoms with Crippen molar-refractivity contribution >= 4 is 16.7 Å². The lowest BCUT2D eigenvalue weighted by atomic mass is 10.2. The molecule has 2 aromatic rings. The average Bonchev–Trinajstić information content (AvgIpc) is 2.44. The lowest BCUT2D eigenvalue weighted by Crippen LogP contribution is -2.04. The largest absolute Gasteiger partial charge is 0.340 e. The van der Waals surface area contributed by atoms with Gasteiger partial charge in [-0.15, -0.1) is 0 Å². The molecule has 2 heterocycles. The minimum atomic E-state index is 0.165. The van der Waals surface area contributed by atoms with E-state index in [9.17, 15) is 4.79 Å². The number of carbonyl (C=O) groups is 1. The van der Waals surface area contributed by atoms with Gasteiger partial charge in [0.1, 0.15) is 5.78 Å². The number of Topliss-reactive ketones (excluding diaryl/α,β-unsaturated/α-hetero) is 1. The molecular weight excluding hydrogens is 176 g/mol. The Morgan fingerprint density at radius 2 is 2.36 bits per heavy atom. The SMILES string of the molecule is CC(=O)Cn1cc(C)c2cnccc21. The number of fused-ring (bicyclic) bond motifs is 1. The van der Waals surface area contributed by atoms with E-state index in [-0.39, 0.29) is 5.78 Å². The van der Waals surface area contributed by atoms with Gasteiger partial charge in [-0.25, -0.2) is 0 Å². The Balaban J connectivity index is 2.60. The molecule has 0 atom stereocenters. The first kappa shape index (κ1) is 8.94. The highest BCUT2D eigenvalue weighted by atomic mass is 16.1. The van der Waals surface area contributed by atoms with E-state index in [0.717, 1.165) is 16.5 Å². The number of ketones is 1. The molecule has 0 saturated heterocycles. The Hall–Kier alpha value is -1.64. The molecule has 72 valence electrons. The maximum Gasteiger partial charge on any atom is 0.149 e. The van der Waals surface area contributed by atoms with Crippen LogP contribution in [0.25, 0.3) is 10.9 Å². The standard InChI is InChI=1S/C11H12N2O/c1-8-6-13(7-9(2)14)11-3-4-12-5-10(8)11/h3-6H,7H2,1-2H3. The van der Waals surface area contributed by atoms with Gasteiger partial charge in [0.2, 0.25) is 0 Å². The topological polar surface area (TPSA) is 34.9 Å². The number of rotatable bonds is 2. The molecule has 0 unspecified atom stereocenters. The fourth-order valence-electron chi connectivity index (χ4n) is 1.68. The third kappa shape index (κ3) is 1.41. The summed E-state index contributed by atoms with van der Waals surface area (Å²) in [6.45, 7) is 4.07. The molecule has 0 N–H and O–H groups in total. The van der Waals surface area contributed by atoms with Crippen LogP contribution in [0.3, 0.4) is 0 Å². The van der Waals surface area contributed by atoms with Crippen molar-refractivity contribution in [3.8, 4) is 0 Å². The van der Waals surface area contributed by atoms with E-state index in [1.807, 2.05) is 30.0 Å². The fourth-order valence-corrected chi connectivity index (χ4v) is 1.68. The summed E-state index contributed by atoms with van der Waals surface area (Å²) in [5.74, 6) is 0.165. The Morgan fingerprint density at radius 3 is 3.07 bits per heavy atom. The Bertz CT molecular complexity index is 485. The van der Waals surface area contributed by atoms with Crippen molar-refractivity contribution in [2.24, 2.45) is 0 Å². The molecule has 0 amide bonds. The first-order valence-corrected chi connectivity index (χ1v) is 4.57. The van der Waals surface area contributed by atoms with Gasteiger partial charge in [0.05, 0.1) is 12.1 Å². The second kappa shape index (κ2) is 3.25. The predicted molar refractivity (Wildman–Crippen MR) is 55.2 cm³/mol. The van der Waals surface area contributed by atoms with Crippen LogP contribution in [-0.2, 0) is 11.3 Å². The van der Waals surface area contributed by atoms with Crippen molar-refractivity contribution in [1.82, 2.24) is 9.55 Å². The van der Waals surface area contributed by atoms with Crippen LogP contribution in [-0.4, -0.2) is 15.3 Å². The summed E-state index contributed by atoms with van der Waals surface area (Å²) in [5.41, 5.74) is 2.24. The smallest absolute Gasteiger partial charge is 0.149 e. The van der Waals surface area contributed by atoms with Crippen molar-refractivity contribution < 1.29 is 4.79 Å². The molecular formula is C11H12N2O. The average molecular weight is 188 g/mol. The van der Waals surface area contributed by atoms with Gasteiger partial charge >= 0.3 is 0 Å². The van der Waals surface area contributed by atoms with Crippen molar-refractivity contribution in [3.05, 3.63) is 30.2 Å². The number of carbonyl (C=O) groups excluding carboxylic acids is 1. The first-order valence-electron chi connectivity index (χ1n) is 4.57. The second-order valence-corrected chi connectivity index (χ2v) is 3.53. The van der Waals surface area contributed by atoms with Gasteiger partial charge in [0.25, 0.3) is 0 Å². The van der Waals surface area contributed by atoms with E-state index < -0.39 is 0 Å². The van der Waals surface area contributed by atoms with Crippen molar-refractivity contribution in [2.75, 3.05) is 0 Å². The van der Waals surface area contributed by atoms with Crippen LogP contribution in [0.5, 0.6) is 0 Å². The number of aromatic nitrogens is 2. The number of hydrogen-bond donors (Lipinski definition) is 0. The molecule has 0 aromatic carbocycles. The van der Waals surface area contributed by atoms with Crippen LogP contribution in [0, 0.1) is 6.92 Å². The zero-order valence-electron chi connectivity index (χ0n) is 8.32. The Kier molecular flexibility index (Phi) is 2.08. The molecule has 0 spiro atoms. The van der Waals surface area contributed by atoms with Crippen LogP contribution < -0.4 is 0 Å². The van der Waals surface area contributed by atoms with Crippen LogP contribution in [0.2, 0.25) is 0 Å². The molecule has 0 aliphatic rings. The molecule has 0 radical (unpaired) electrons. The summed E-state index contributed by atoms with van der Waals surface area (Å²) < 4.78 is 1.97. The van der Waals surface area contributed by atoms with E-state index in [0.29, 0.717) is 6.54 Å². The maximum atomic E-state index is 11.0. The lowest BCUT2D eigenvalue weighted by Gasteiger charge is -2.00. The van der Waals surface area contributed by atoms with E-state index in [4.69, 9.17) is 0 Å². The summed E-state index contributed by atoms with van der Waals surface area (Å²) in [6.07, 6.45) is 5.58. The second-order valence-electron chi connectivity index (χ2n) is 3.53. The van der Waals surface area contributed by atoms with Gasteiger partial charge in [-0.05, 0) is 25.5 Å². The molecule has 14 heavy (non-hydrogen) atoms. The van der Waals surface area contributed by atoms with E-state index in [1.165, 1.54) is 0 Å². The van der Waals surface area contributed by atoms with E-state index >= 15 is 0 Å². The van der Waals surface area contributed by atoms with Crippen LogP contribution >= 0.6 is 0 Å². The Morgan fingerprint density at radius 1 is 1.57 bits per heavy atom. The molecule has 0 saturated carbocycles. The molecule has 3 nitrogen and oxygen atoms in total. The Labute approximate surface area is 82.4 Å².